The lowest BCUT2D eigenvalue weighted by Crippen LogP contribution is -2.42. The standard InChI is InChI=1S/C14H19FN2O3/c1-14(2,9-18)13(19)17-7-6-10(8-17)20-12-5-3-4-11(15)16-12/h3-5,10,18H,6-9H2,1-2H3. The Morgan fingerprint density at radius 2 is 2.35 bits per heavy atom. The minimum atomic E-state index is -0.786. The highest BCUT2D eigenvalue weighted by atomic mass is 19.1. The first-order valence-electron chi connectivity index (χ1n) is 6.62. The van der Waals surface area contributed by atoms with E-state index in [0.29, 0.717) is 19.5 Å². The average molecular weight is 282 g/mol. The number of halogens is 1. The van der Waals surface area contributed by atoms with Crippen molar-refractivity contribution in [2.45, 2.75) is 26.4 Å². The molecule has 0 bridgehead atoms. The second kappa shape index (κ2) is 5.75. The first kappa shape index (κ1) is 14.7. The first-order chi connectivity index (χ1) is 9.42. The summed E-state index contributed by atoms with van der Waals surface area (Å²) in [5.74, 6) is -0.459. The summed E-state index contributed by atoms with van der Waals surface area (Å²) in [6, 6.07) is 4.37. The second-order valence-electron chi connectivity index (χ2n) is 5.62. The topological polar surface area (TPSA) is 62.7 Å². The highest BCUT2D eigenvalue weighted by Gasteiger charge is 2.36. The van der Waals surface area contributed by atoms with Crippen molar-refractivity contribution in [1.82, 2.24) is 9.88 Å². The molecular weight excluding hydrogens is 263 g/mol. The maximum atomic E-state index is 13.0. The highest BCUT2D eigenvalue weighted by Crippen LogP contribution is 2.23. The van der Waals surface area contributed by atoms with Crippen LogP contribution in [0.15, 0.2) is 18.2 Å². The van der Waals surface area contributed by atoms with Crippen molar-refractivity contribution < 1.29 is 19.0 Å². The van der Waals surface area contributed by atoms with Gasteiger partial charge in [-0.15, -0.1) is 0 Å². The predicted molar refractivity (Wildman–Crippen MR) is 70.7 cm³/mol. The van der Waals surface area contributed by atoms with E-state index in [1.54, 1.807) is 24.8 Å². The van der Waals surface area contributed by atoms with Crippen LogP contribution in [0.5, 0.6) is 5.88 Å². The number of carbonyl (C=O) groups is 1. The summed E-state index contributed by atoms with van der Waals surface area (Å²) < 4.78 is 18.5. The van der Waals surface area contributed by atoms with Crippen molar-refractivity contribution in [2.75, 3.05) is 19.7 Å². The van der Waals surface area contributed by atoms with Crippen LogP contribution in [0.3, 0.4) is 0 Å². The van der Waals surface area contributed by atoms with Crippen molar-refractivity contribution in [3.8, 4) is 5.88 Å². The zero-order valence-corrected chi connectivity index (χ0v) is 11.7. The molecule has 1 aliphatic rings. The van der Waals surface area contributed by atoms with Crippen LogP contribution >= 0.6 is 0 Å². The van der Waals surface area contributed by atoms with Crippen molar-refractivity contribution in [3.63, 3.8) is 0 Å². The second-order valence-corrected chi connectivity index (χ2v) is 5.62. The Bertz CT molecular complexity index is 493. The fourth-order valence-electron chi connectivity index (χ4n) is 2.13. The number of pyridine rings is 1. The summed E-state index contributed by atoms with van der Waals surface area (Å²) >= 11 is 0. The van der Waals surface area contributed by atoms with Crippen LogP contribution in [0.1, 0.15) is 20.3 Å². The predicted octanol–water partition coefficient (Wildman–Crippen LogP) is 1.22. The third-order valence-corrected chi connectivity index (χ3v) is 3.38. The Morgan fingerprint density at radius 3 is 3.00 bits per heavy atom. The van der Waals surface area contributed by atoms with E-state index in [4.69, 9.17) is 4.74 Å². The largest absolute Gasteiger partial charge is 0.472 e. The van der Waals surface area contributed by atoms with Gasteiger partial charge in [0.15, 0.2) is 0 Å². The van der Waals surface area contributed by atoms with Crippen LogP contribution in [-0.2, 0) is 4.79 Å². The monoisotopic (exact) mass is 282 g/mol. The lowest BCUT2D eigenvalue weighted by Gasteiger charge is -2.27. The Balaban J connectivity index is 1.94. The molecule has 1 N–H and O–H groups in total. The molecule has 0 spiro atoms. The number of rotatable bonds is 4. The van der Waals surface area contributed by atoms with Gasteiger partial charge in [0.05, 0.1) is 18.6 Å². The van der Waals surface area contributed by atoms with Gasteiger partial charge in [0.25, 0.3) is 0 Å². The number of likely N-dealkylation sites (tertiary alicyclic amines) is 1. The van der Waals surface area contributed by atoms with Gasteiger partial charge in [-0.25, -0.2) is 0 Å². The number of nitrogens with zero attached hydrogens (tertiary/aromatic N) is 2. The molecule has 110 valence electrons. The molecule has 0 aromatic carbocycles. The molecular formula is C14H19FN2O3. The number of aromatic nitrogens is 1. The van der Waals surface area contributed by atoms with E-state index in [9.17, 15) is 14.3 Å². The van der Waals surface area contributed by atoms with E-state index in [-0.39, 0.29) is 24.5 Å². The van der Waals surface area contributed by atoms with Gasteiger partial charge in [-0.05, 0) is 19.9 Å². The summed E-state index contributed by atoms with van der Waals surface area (Å²) in [5, 5.41) is 9.23. The highest BCUT2D eigenvalue weighted by molar-refractivity contribution is 5.82. The number of aliphatic hydroxyl groups is 1. The summed E-state index contributed by atoms with van der Waals surface area (Å²) in [6.07, 6.45) is 0.480. The summed E-state index contributed by atoms with van der Waals surface area (Å²) in [6.45, 7) is 4.22. The Morgan fingerprint density at radius 1 is 1.60 bits per heavy atom. The summed E-state index contributed by atoms with van der Waals surface area (Å²) in [7, 11) is 0. The molecule has 1 aliphatic heterocycles. The molecule has 1 amide bonds. The van der Waals surface area contributed by atoms with Crippen LogP contribution in [0.4, 0.5) is 4.39 Å². The molecule has 1 atom stereocenters. The maximum Gasteiger partial charge on any atom is 0.230 e. The van der Waals surface area contributed by atoms with E-state index in [0.717, 1.165) is 0 Å². The van der Waals surface area contributed by atoms with Crippen molar-refractivity contribution in [2.24, 2.45) is 5.41 Å². The van der Waals surface area contributed by atoms with Crippen LogP contribution in [0.25, 0.3) is 0 Å². The summed E-state index contributed by atoms with van der Waals surface area (Å²) in [5.41, 5.74) is -0.786. The SMILES string of the molecule is CC(C)(CO)C(=O)N1CCC(Oc2cccc(F)n2)C1. The van der Waals surface area contributed by atoms with Crippen molar-refractivity contribution in [1.29, 1.82) is 0 Å². The molecule has 1 saturated heterocycles. The van der Waals surface area contributed by atoms with Crippen LogP contribution in [0, 0.1) is 11.4 Å². The molecule has 5 nitrogen and oxygen atoms in total. The molecule has 1 aromatic heterocycles. The molecule has 1 fully saturated rings. The molecule has 0 saturated carbocycles. The van der Waals surface area contributed by atoms with Gasteiger partial charge in [0, 0.05) is 19.0 Å². The van der Waals surface area contributed by atoms with E-state index in [1.165, 1.54) is 12.1 Å². The van der Waals surface area contributed by atoms with E-state index >= 15 is 0 Å². The molecule has 2 heterocycles. The van der Waals surface area contributed by atoms with E-state index in [2.05, 4.69) is 4.98 Å². The van der Waals surface area contributed by atoms with Gasteiger partial charge in [-0.1, -0.05) is 6.07 Å². The molecule has 20 heavy (non-hydrogen) atoms. The third kappa shape index (κ3) is 3.25. The van der Waals surface area contributed by atoms with Crippen molar-refractivity contribution in [3.05, 3.63) is 24.1 Å². The van der Waals surface area contributed by atoms with Gasteiger partial charge in [-0.3, -0.25) is 4.79 Å². The van der Waals surface area contributed by atoms with Crippen LogP contribution in [0.2, 0.25) is 0 Å². The van der Waals surface area contributed by atoms with Gasteiger partial charge in [0.2, 0.25) is 17.7 Å². The number of hydrogen-bond donors (Lipinski definition) is 1. The number of carbonyl (C=O) groups excluding carboxylic acids is 1. The fourth-order valence-corrected chi connectivity index (χ4v) is 2.13. The number of ether oxygens (including phenoxy) is 1. The lowest BCUT2D eigenvalue weighted by molar-refractivity contribution is -0.141. The third-order valence-electron chi connectivity index (χ3n) is 3.38. The number of amides is 1. The first-order valence-corrected chi connectivity index (χ1v) is 6.62. The van der Waals surface area contributed by atoms with Crippen LogP contribution in [-0.4, -0.2) is 46.7 Å². The molecule has 1 aromatic rings. The molecule has 0 aliphatic carbocycles. The smallest absolute Gasteiger partial charge is 0.230 e. The Hall–Kier alpha value is -1.69. The lowest BCUT2D eigenvalue weighted by atomic mass is 9.93. The zero-order chi connectivity index (χ0) is 14.8. The van der Waals surface area contributed by atoms with Crippen LogP contribution < -0.4 is 4.74 Å². The average Bonchev–Trinajstić information content (AvgIpc) is 2.86. The quantitative estimate of drug-likeness (QED) is 0.843. The maximum absolute atomic E-state index is 13.0. The normalized spacial score (nSPS) is 19.2. The van der Waals surface area contributed by atoms with Gasteiger partial charge in [0.1, 0.15) is 6.10 Å². The van der Waals surface area contributed by atoms with Gasteiger partial charge >= 0.3 is 0 Å². The number of aliphatic hydroxyl groups excluding tert-OH is 1. The molecule has 2 rings (SSSR count). The summed E-state index contributed by atoms with van der Waals surface area (Å²) in [4.78, 5) is 17.5. The van der Waals surface area contributed by atoms with E-state index < -0.39 is 11.4 Å². The minimum Gasteiger partial charge on any atom is -0.472 e. The van der Waals surface area contributed by atoms with Crippen molar-refractivity contribution >= 4 is 5.91 Å². The minimum absolute atomic E-state index is 0.0988. The number of hydrogen-bond acceptors (Lipinski definition) is 4. The zero-order valence-electron chi connectivity index (χ0n) is 11.7. The van der Waals surface area contributed by atoms with Gasteiger partial charge < -0.3 is 14.7 Å². The Labute approximate surface area is 117 Å². The molecule has 0 radical (unpaired) electrons. The van der Waals surface area contributed by atoms with Gasteiger partial charge in [-0.2, -0.15) is 9.37 Å². The molecule has 6 heteroatoms. The van der Waals surface area contributed by atoms with E-state index in [1.807, 2.05) is 0 Å². The molecule has 1 unspecified atom stereocenters. The Kier molecular flexibility index (Phi) is 4.23. The fraction of sp³-hybridized carbons (Fsp3) is 0.571.